The van der Waals surface area contributed by atoms with Crippen LogP contribution in [0.4, 0.5) is 0 Å². The van der Waals surface area contributed by atoms with Crippen LogP contribution in [0.2, 0.25) is 0 Å². The first-order chi connectivity index (χ1) is 7.58. The fourth-order valence-electron chi connectivity index (χ4n) is 1.88. The molecule has 2 rings (SSSR count). The lowest BCUT2D eigenvalue weighted by Gasteiger charge is -2.10. The summed E-state index contributed by atoms with van der Waals surface area (Å²) in [6.45, 7) is 2.17. The minimum absolute atomic E-state index is 0. The molecule has 2 N–H and O–H groups in total. The quantitative estimate of drug-likeness (QED) is 0.871. The Bertz CT molecular complexity index is 409. The molecule has 0 spiro atoms. The van der Waals surface area contributed by atoms with Crippen LogP contribution in [0.3, 0.4) is 0 Å². The van der Waals surface area contributed by atoms with Gasteiger partial charge in [-0.2, -0.15) is 0 Å². The van der Waals surface area contributed by atoms with Crippen LogP contribution in [-0.4, -0.2) is 18.1 Å². The molecule has 0 heterocycles. The van der Waals surface area contributed by atoms with Gasteiger partial charge in [-0.1, -0.05) is 28.1 Å². The summed E-state index contributed by atoms with van der Waals surface area (Å²) in [5.41, 5.74) is 6.30. The number of halogens is 2. The molecule has 1 aliphatic carbocycles. The summed E-state index contributed by atoms with van der Waals surface area (Å²) in [4.78, 5) is 11.6. The van der Waals surface area contributed by atoms with E-state index < -0.39 is 5.54 Å². The second-order valence-corrected chi connectivity index (χ2v) is 4.98. The topological polar surface area (TPSA) is 52.3 Å². The average Bonchev–Trinajstić information content (AvgIpc) is 2.94. The lowest BCUT2D eigenvalue weighted by Crippen LogP contribution is -2.36. The zero-order chi connectivity index (χ0) is 11.8. The number of rotatable bonds is 3. The molecule has 94 valence electrons. The van der Waals surface area contributed by atoms with E-state index in [2.05, 4.69) is 15.9 Å². The van der Waals surface area contributed by atoms with Crippen molar-refractivity contribution < 1.29 is 9.53 Å². The predicted octanol–water partition coefficient (Wildman–Crippen LogP) is 2.62. The van der Waals surface area contributed by atoms with Gasteiger partial charge in [0.2, 0.25) is 0 Å². The summed E-state index contributed by atoms with van der Waals surface area (Å²) in [7, 11) is 0. The average molecular weight is 321 g/mol. The highest BCUT2D eigenvalue weighted by Crippen LogP contribution is 2.50. The number of benzene rings is 1. The van der Waals surface area contributed by atoms with Crippen molar-refractivity contribution in [3.8, 4) is 0 Å². The minimum Gasteiger partial charge on any atom is -0.465 e. The van der Waals surface area contributed by atoms with Gasteiger partial charge in [0.25, 0.3) is 0 Å². The van der Waals surface area contributed by atoms with Crippen molar-refractivity contribution in [3.05, 3.63) is 34.3 Å². The number of carbonyl (C=O) groups is 1. The Kier molecular flexibility index (Phi) is 4.58. The van der Waals surface area contributed by atoms with Crippen LogP contribution < -0.4 is 5.73 Å². The molecule has 17 heavy (non-hydrogen) atoms. The van der Waals surface area contributed by atoms with Crippen LogP contribution >= 0.6 is 28.3 Å². The molecule has 0 aromatic heterocycles. The van der Waals surface area contributed by atoms with Gasteiger partial charge in [0.1, 0.15) is 5.54 Å². The van der Waals surface area contributed by atoms with Gasteiger partial charge in [-0.15, -0.1) is 12.4 Å². The van der Waals surface area contributed by atoms with E-state index >= 15 is 0 Å². The SMILES string of the molecule is CCOC(=O)C1(N)CC1c1ccc(Br)cc1.Cl. The first kappa shape index (κ1) is 14.5. The van der Waals surface area contributed by atoms with E-state index in [4.69, 9.17) is 10.5 Å². The van der Waals surface area contributed by atoms with E-state index in [-0.39, 0.29) is 24.3 Å². The Morgan fingerprint density at radius 2 is 2.12 bits per heavy atom. The monoisotopic (exact) mass is 319 g/mol. The molecule has 0 bridgehead atoms. The Balaban J connectivity index is 0.00000144. The highest BCUT2D eigenvalue weighted by molar-refractivity contribution is 9.10. The molecule has 1 aliphatic rings. The van der Waals surface area contributed by atoms with Crippen molar-refractivity contribution in [3.63, 3.8) is 0 Å². The summed E-state index contributed by atoms with van der Waals surface area (Å²) in [5, 5.41) is 0. The van der Waals surface area contributed by atoms with Gasteiger partial charge in [0.15, 0.2) is 0 Å². The molecular weight excluding hydrogens is 305 g/mol. The molecule has 1 fully saturated rings. The van der Waals surface area contributed by atoms with Crippen molar-refractivity contribution in [2.75, 3.05) is 6.61 Å². The number of hydrogen-bond donors (Lipinski definition) is 1. The highest BCUT2D eigenvalue weighted by Gasteiger charge is 2.58. The van der Waals surface area contributed by atoms with Gasteiger partial charge in [-0.25, -0.2) is 0 Å². The molecule has 3 nitrogen and oxygen atoms in total. The maximum absolute atomic E-state index is 11.6. The van der Waals surface area contributed by atoms with E-state index in [1.54, 1.807) is 6.92 Å². The number of hydrogen-bond acceptors (Lipinski definition) is 3. The number of carbonyl (C=O) groups excluding carboxylic acids is 1. The fraction of sp³-hybridized carbons (Fsp3) is 0.417. The molecule has 0 aliphatic heterocycles. The lowest BCUT2D eigenvalue weighted by molar-refractivity contribution is -0.145. The third-order valence-corrected chi connectivity index (χ3v) is 3.46. The Labute approximate surface area is 115 Å². The van der Waals surface area contributed by atoms with Crippen LogP contribution in [0.15, 0.2) is 28.7 Å². The highest BCUT2D eigenvalue weighted by atomic mass is 79.9. The smallest absolute Gasteiger partial charge is 0.326 e. The van der Waals surface area contributed by atoms with Gasteiger partial charge in [0, 0.05) is 10.4 Å². The van der Waals surface area contributed by atoms with Crippen LogP contribution in [0, 0.1) is 0 Å². The van der Waals surface area contributed by atoms with E-state index in [1.165, 1.54) is 0 Å². The predicted molar refractivity (Wildman–Crippen MR) is 72.3 cm³/mol. The molecule has 2 unspecified atom stereocenters. The second-order valence-electron chi connectivity index (χ2n) is 4.07. The summed E-state index contributed by atoms with van der Waals surface area (Å²) < 4.78 is 5.99. The van der Waals surface area contributed by atoms with Crippen LogP contribution in [0.5, 0.6) is 0 Å². The normalized spacial score (nSPS) is 25.9. The third kappa shape index (κ3) is 2.81. The van der Waals surface area contributed by atoms with Gasteiger partial charge >= 0.3 is 5.97 Å². The first-order valence-corrected chi connectivity index (χ1v) is 6.09. The number of ether oxygens (including phenoxy) is 1. The maximum Gasteiger partial charge on any atom is 0.326 e. The van der Waals surface area contributed by atoms with Crippen molar-refractivity contribution in [2.24, 2.45) is 5.73 Å². The Hall–Kier alpha value is -0.580. The number of esters is 1. The minimum atomic E-state index is -0.802. The molecule has 0 saturated heterocycles. The standard InChI is InChI=1S/C12H14BrNO2.ClH/c1-2-16-11(15)12(14)7-10(12)8-3-5-9(13)6-4-8;/h3-6,10H,2,7,14H2,1H3;1H. The maximum atomic E-state index is 11.6. The largest absolute Gasteiger partial charge is 0.465 e. The molecule has 1 aromatic rings. The van der Waals surface area contributed by atoms with Crippen molar-refractivity contribution in [2.45, 2.75) is 24.8 Å². The lowest BCUT2D eigenvalue weighted by atomic mass is 10.1. The Morgan fingerprint density at radius 3 is 2.65 bits per heavy atom. The second kappa shape index (κ2) is 5.38. The summed E-state index contributed by atoms with van der Waals surface area (Å²) in [6.07, 6.45) is 0.674. The molecular formula is C12H15BrClNO2. The van der Waals surface area contributed by atoms with Gasteiger partial charge in [-0.05, 0) is 31.0 Å². The van der Waals surface area contributed by atoms with Gasteiger partial charge in [0.05, 0.1) is 6.61 Å². The summed E-state index contributed by atoms with van der Waals surface area (Å²) in [5.74, 6) is -0.192. The van der Waals surface area contributed by atoms with Crippen LogP contribution in [-0.2, 0) is 9.53 Å². The molecule has 5 heteroatoms. The van der Waals surface area contributed by atoms with Crippen LogP contribution in [0.1, 0.15) is 24.8 Å². The van der Waals surface area contributed by atoms with E-state index in [0.29, 0.717) is 13.0 Å². The molecule has 0 radical (unpaired) electrons. The third-order valence-electron chi connectivity index (χ3n) is 2.93. The van der Waals surface area contributed by atoms with E-state index in [0.717, 1.165) is 10.0 Å². The van der Waals surface area contributed by atoms with E-state index in [1.807, 2.05) is 24.3 Å². The molecule has 1 saturated carbocycles. The Morgan fingerprint density at radius 1 is 1.53 bits per heavy atom. The summed E-state index contributed by atoms with van der Waals surface area (Å²) >= 11 is 3.37. The van der Waals surface area contributed by atoms with Crippen molar-refractivity contribution >= 4 is 34.3 Å². The van der Waals surface area contributed by atoms with Crippen molar-refractivity contribution in [1.29, 1.82) is 0 Å². The molecule has 2 atom stereocenters. The summed E-state index contributed by atoms with van der Waals surface area (Å²) in [6, 6.07) is 7.89. The molecule has 0 amide bonds. The molecule has 1 aromatic carbocycles. The number of nitrogens with two attached hydrogens (primary N) is 1. The van der Waals surface area contributed by atoms with Gasteiger partial charge in [-0.3, -0.25) is 4.79 Å². The first-order valence-electron chi connectivity index (χ1n) is 5.29. The zero-order valence-electron chi connectivity index (χ0n) is 9.48. The van der Waals surface area contributed by atoms with Gasteiger partial charge < -0.3 is 10.5 Å². The fourth-order valence-corrected chi connectivity index (χ4v) is 2.14. The van der Waals surface area contributed by atoms with Crippen molar-refractivity contribution in [1.82, 2.24) is 0 Å². The van der Waals surface area contributed by atoms with E-state index in [9.17, 15) is 4.79 Å². The van der Waals surface area contributed by atoms with Crippen LogP contribution in [0.25, 0.3) is 0 Å². The zero-order valence-corrected chi connectivity index (χ0v) is 11.9.